The monoisotopic (exact) mass is 190 g/mol. The van der Waals surface area contributed by atoms with Crippen LogP contribution in [0.2, 0.25) is 5.02 Å². The molecule has 0 unspecified atom stereocenters. The van der Waals surface area contributed by atoms with Crippen LogP contribution in [0.5, 0.6) is 0 Å². The van der Waals surface area contributed by atoms with Gasteiger partial charge in [-0.3, -0.25) is 0 Å². The van der Waals surface area contributed by atoms with Gasteiger partial charge in [-0.15, -0.1) is 0 Å². The highest BCUT2D eigenvalue weighted by Crippen LogP contribution is 2.22. The minimum atomic E-state index is 0.463. The summed E-state index contributed by atoms with van der Waals surface area (Å²) in [7, 11) is 5.53. The van der Waals surface area contributed by atoms with Crippen LogP contribution in [0.15, 0.2) is 29.1 Å². The zero-order valence-electron chi connectivity index (χ0n) is 6.57. The molecule has 0 saturated carbocycles. The van der Waals surface area contributed by atoms with Crippen LogP contribution in [0, 0.1) is 0 Å². The Kier molecular flexibility index (Phi) is 2.06. The molecule has 5 heteroatoms. The lowest BCUT2D eigenvalue weighted by molar-refractivity contribution is 0.419. The molecule has 3 nitrogen and oxygen atoms in total. The lowest BCUT2D eigenvalue weighted by atomic mass is 9.95. The largest absolute Gasteiger partial charge is 0.342 e. The van der Waals surface area contributed by atoms with Crippen LogP contribution in [0.1, 0.15) is 0 Å². The minimum absolute atomic E-state index is 0.463. The Morgan fingerprint density at radius 1 is 1.38 bits per heavy atom. The molecule has 0 aliphatic carbocycles. The van der Waals surface area contributed by atoms with Crippen LogP contribution < -0.4 is 5.46 Å². The molecule has 0 atom stereocenters. The smallest absolute Gasteiger partial charge is 0.214 e. The average Bonchev–Trinajstić information content (AvgIpc) is 2.56. The minimum Gasteiger partial charge on any atom is -0.342 e. The van der Waals surface area contributed by atoms with E-state index >= 15 is 0 Å². The number of rotatable bonds is 1. The molecule has 2 rings (SSSR count). The third-order valence-electron chi connectivity index (χ3n) is 1.60. The lowest BCUT2D eigenvalue weighted by Gasteiger charge is -1.99. The predicted molar refractivity (Wildman–Crippen MR) is 50.1 cm³/mol. The number of hydrogen-bond acceptors (Lipinski definition) is 3. The third-order valence-corrected chi connectivity index (χ3v) is 1.91. The zero-order chi connectivity index (χ0) is 9.26. The van der Waals surface area contributed by atoms with Crippen molar-refractivity contribution in [2.45, 2.75) is 0 Å². The fourth-order valence-electron chi connectivity index (χ4n) is 1.00. The standard InChI is InChI=1S/C8H4BClN2O/c9-5-1-2-6(7(10)3-5)8-11-4-13-12-8/h1-4H. The van der Waals surface area contributed by atoms with Crippen molar-refractivity contribution in [1.29, 1.82) is 0 Å². The first-order chi connectivity index (χ1) is 6.27. The van der Waals surface area contributed by atoms with Gasteiger partial charge in [0.25, 0.3) is 0 Å². The summed E-state index contributed by atoms with van der Waals surface area (Å²) >= 11 is 5.92. The molecule has 2 radical (unpaired) electrons. The van der Waals surface area contributed by atoms with Crippen molar-refractivity contribution in [1.82, 2.24) is 10.1 Å². The quantitative estimate of drug-likeness (QED) is 0.634. The van der Waals surface area contributed by atoms with Gasteiger partial charge in [-0.25, -0.2) is 0 Å². The van der Waals surface area contributed by atoms with Gasteiger partial charge in [0, 0.05) is 5.56 Å². The van der Waals surface area contributed by atoms with Crippen molar-refractivity contribution < 1.29 is 4.52 Å². The van der Waals surface area contributed by atoms with E-state index in [1.165, 1.54) is 6.39 Å². The molecule has 13 heavy (non-hydrogen) atoms. The molecule has 1 aromatic carbocycles. The third kappa shape index (κ3) is 1.58. The van der Waals surface area contributed by atoms with Crippen LogP contribution in [0.25, 0.3) is 11.4 Å². The van der Waals surface area contributed by atoms with Crippen LogP contribution in [-0.4, -0.2) is 18.0 Å². The molecule has 2 aromatic rings. The molecule has 0 fully saturated rings. The maximum Gasteiger partial charge on any atom is 0.214 e. The van der Waals surface area contributed by atoms with Crippen molar-refractivity contribution in [3.05, 3.63) is 29.6 Å². The van der Waals surface area contributed by atoms with Crippen LogP contribution in [-0.2, 0) is 0 Å². The fraction of sp³-hybridized carbons (Fsp3) is 0. The van der Waals surface area contributed by atoms with Gasteiger partial charge in [0.2, 0.25) is 12.2 Å². The molecule has 0 saturated heterocycles. The van der Waals surface area contributed by atoms with Crippen LogP contribution in [0.3, 0.4) is 0 Å². The van der Waals surface area contributed by atoms with Gasteiger partial charge in [0.15, 0.2) is 0 Å². The topological polar surface area (TPSA) is 38.9 Å². The Morgan fingerprint density at radius 2 is 2.23 bits per heavy atom. The van der Waals surface area contributed by atoms with E-state index in [1.807, 2.05) is 0 Å². The van der Waals surface area contributed by atoms with E-state index in [1.54, 1.807) is 18.2 Å². The van der Waals surface area contributed by atoms with E-state index in [0.717, 1.165) is 0 Å². The average molecular weight is 190 g/mol. The van der Waals surface area contributed by atoms with Crippen molar-refractivity contribution in [2.75, 3.05) is 0 Å². The van der Waals surface area contributed by atoms with Crippen molar-refractivity contribution in [3.8, 4) is 11.4 Å². The summed E-state index contributed by atoms with van der Waals surface area (Å²) in [5, 5.41) is 4.18. The molecule has 1 heterocycles. The first kappa shape index (κ1) is 8.32. The highest BCUT2D eigenvalue weighted by molar-refractivity contribution is 6.37. The van der Waals surface area contributed by atoms with Gasteiger partial charge in [-0.2, -0.15) is 4.98 Å². The van der Waals surface area contributed by atoms with Gasteiger partial charge >= 0.3 is 0 Å². The first-order valence-corrected chi connectivity index (χ1v) is 3.97. The summed E-state index contributed by atoms with van der Waals surface area (Å²) in [6, 6.07) is 5.13. The van der Waals surface area contributed by atoms with Crippen molar-refractivity contribution >= 4 is 24.9 Å². The lowest BCUT2D eigenvalue weighted by Crippen LogP contribution is -2.00. The SMILES string of the molecule is [B]c1ccc(-c2ncon2)c(Cl)c1. The van der Waals surface area contributed by atoms with E-state index < -0.39 is 0 Å². The van der Waals surface area contributed by atoms with E-state index in [-0.39, 0.29) is 0 Å². The first-order valence-electron chi connectivity index (χ1n) is 3.59. The Hall–Kier alpha value is -1.29. The number of halogens is 1. The number of hydrogen-bond donors (Lipinski definition) is 0. The highest BCUT2D eigenvalue weighted by Gasteiger charge is 2.06. The van der Waals surface area contributed by atoms with Gasteiger partial charge in [-0.1, -0.05) is 34.4 Å². The molecule has 0 aliphatic rings. The molecule has 62 valence electrons. The Labute approximate surface area is 81.1 Å². The van der Waals surface area contributed by atoms with Crippen LogP contribution in [0.4, 0.5) is 0 Å². The molecule has 1 aromatic heterocycles. The Morgan fingerprint density at radius 3 is 2.85 bits per heavy atom. The van der Waals surface area contributed by atoms with Crippen molar-refractivity contribution in [2.24, 2.45) is 0 Å². The molecular formula is C8H4BClN2O. The van der Waals surface area contributed by atoms with Gasteiger partial charge in [-0.05, 0) is 6.07 Å². The predicted octanol–water partition coefficient (Wildman–Crippen LogP) is 1.18. The van der Waals surface area contributed by atoms with Gasteiger partial charge in [0.1, 0.15) is 7.85 Å². The molecule has 0 amide bonds. The molecule has 0 N–H and O–H groups in total. The van der Waals surface area contributed by atoms with Crippen molar-refractivity contribution in [3.63, 3.8) is 0 Å². The maximum atomic E-state index is 5.92. The summed E-state index contributed by atoms with van der Waals surface area (Å²) in [5.74, 6) is 0.463. The highest BCUT2D eigenvalue weighted by atomic mass is 35.5. The second kappa shape index (κ2) is 3.22. The molecule has 0 spiro atoms. The summed E-state index contributed by atoms with van der Waals surface area (Å²) in [6.45, 7) is 0. The second-order valence-corrected chi connectivity index (χ2v) is 2.90. The number of aromatic nitrogens is 2. The van der Waals surface area contributed by atoms with Gasteiger partial charge in [0.05, 0.1) is 5.02 Å². The number of nitrogens with zero attached hydrogens (tertiary/aromatic N) is 2. The molecule has 0 bridgehead atoms. The summed E-state index contributed by atoms with van der Waals surface area (Å²) in [5.41, 5.74) is 1.32. The van der Waals surface area contributed by atoms with E-state index in [2.05, 4.69) is 14.7 Å². The molecular weight excluding hydrogens is 186 g/mol. The van der Waals surface area contributed by atoms with E-state index in [0.29, 0.717) is 21.9 Å². The molecule has 0 aliphatic heterocycles. The summed E-state index contributed by atoms with van der Waals surface area (Å²) in [6.07, 6.45) is 1.25. The second-order valence-electron chi connectivity index (χ2n) is 2.49. The summed E-state index contributed by atoms with van der Waals surface area (Å²) in [4.78, 5) is 3.87. The zero-order valence-corrected chi connectivity index (χ0v) is 7.32. The fourth-order valence-corrected chi connectivity index (χ4v) is 1.28. The van der Waals surface area contributed by atoms with E-state index in [4.69, 9.17) is 19.4 Å². The van der Waals surface area contributed by atoms with Gasteiger partial charge < -0.3 is 4.52 Å². The maximum absolute atomic E-state index is 5.92. The Balaban J connectivity index is 2.53. The number of benzene rings is 1. The normalized spacial score (nSPS) is 10.2. The summed E-state index contributed by atoms with van der Waals surface area (Å²) < 4.78 is 4.60. The van der Waals surface area contributed by atoms with Crippen LogP contribution >= 0.6 is 11.6 Å². The Bertz CT molecular complexity index is 416. The van der Waals surface area contributed by atoms with E-state index in [9.17, 15) is 0 Å².